The molecular weight excluding hydrogens is 254 g/mol. The summed E-state index contributed by atoms with van der Waals surface area (Å²) in [6, 6.07) is 7.86. The number of para-hydroxylation sites is 2. The summed E-state index contributed by atoms with van der Waals surface area (Å²) >= 11 is 0. The average Bonchev–Trinajstić information content (AvgIpc) is 2.79. The molecule has 0 spiro atoms. The SMILES string of the molecule is CC(C)(CCO)NC(=O)CCn1cnc2ccccc21. The molecule has 0 aliphatic heterocycles. The quantitative estimate of drug-likeness (QED) is 0.843. The summed E-state index contributed by atoms with van der Waals surface area (Å²) in [6.07, 6.45) is 2.71. The van der Waals surface area contributed by atoms with E-state index in [-0.39, 0.29) is 18.1 Å². The maximum Gasteiger partial charge on any atom is 0.222 e. The Balaban J connectivity index is 1.94. The van der Waals surface area contributed by atoms with E-state index in [1.54, 1.807) is 6.33 Å². The minimum atomic E-state index is -0.372. The molecule has 0 aliphatic rings. The zero-order chi connectivity index (χ0) is 14.6. The maximum atomic E-state index is 11.9. The molecule has 5 heteroatoms. The van der Waals surface area contributed by atoms with Crippen molar-refractivity contribution in [2.75, 3.05) is 6.61 Å². The molecular formula is C15H21N3O2. The minimum Gasteiger partial charge on any atom is -0.396 e. The first-order valence-electron chi connectivity index (χ1n) is 6.83. The Hall–Kier alpha value is -1.88. The Morgan fingerprint density at radius 1 is 1.40 bits per heavy atom. The largest absolute Gasteiger partial charge is 0.396 e. The van der Waals surface area contributed by atoms with Crippen LogP contribution in [0.25, 0.3) is 11.0 Å². The molecule has 2 rings (SSSR count). The molecule has 0 radical (unpaired) electrons. The van der Waals surface area contributed by atoms with Crippen molar-refractivity contribution in [3.8, 4) is 0 Å². The zero-order valence-corrected chi connectivity index (χ0v) is 12.0. The van der Waals surface area contributed by atoms with Crippen LogP contribution < -0.4 is 5.32 Å². The number of hydrogen-bond donors (Lipinski definition) is 2. The van der Waals surface area contributed by atoms with Crippen LogP contribution in [-0.4, -0.2) is 32.7 Å². The molecule has 0 saturated carbocycles. The molecule has 108 valence electrons. The predicted octanol–water partition coefficient (Wildman–Crippen LogP) is 1.70. The highest BCUT2D eigenvalue weighted by Crippen LogP contribution is 2.12. The second-order valence-electron chi connectivity index (χ2n) is 5.58. The lowest BCUT2D eigenvalue weighted by Gasteiger charge is -2.25. The lowest BCUT2D eigenvalue weighted by molar-refractivity contribution is -0.123. The number of aliphatic hydroxyl groups excluding tert-OH is 1. The van der Waals surface area contributed by atoms with Gasteiger partial charge in [-0.05, 0) is 32.4 Å². The number of amides is 1. The van der Waals surface area contributed by atoms with Crippen LogP contribution in [-0.2, 0) is 11.3 Å². The fourth-order valence-corrected chi connectivity index (χ4v) is 2.19. The molecule has 5 nitrogen and oxygen atoms in total. The molecule has 0 unspecified atom stereocenters. The van der Waals surface area contributed by atoms with Gasteiger partial charge in [-0.1, -0.05) is 12.1 Å². The zero-order valence-electron chi connectivity index (χ0n) is 12.0. The number of fused-ring (bicyclic) bond motifs is 1. The van der Waals surface area contributed by atoms with Gasteiger partial charge in [0.25, 0.3) is 0 Å². The van der Waals surface area contributed by atoms with E-state index in [0.717, 1.165) is 11.0 Å². The average molecular weight is 275 g/mol. The van der Waals surface area contributed by atoms with Crippen molar-refractivity contribution in [3.05, 3.63) is 30.6 Å². The number of nitrogens with one attached hydrogen (secondary N) is 1. The number of rotatable bonds is 6. The van der Waals surface area contributed by atoms with Crippen LogP contribution in [0.15, 0.2) is 30.6 Å². The Morgan fingerprint density at radius 2 is 2.15 bits per heavy atom. The van der Waals surface area contributed by atoms with E-state index in [1.165, 1.54) is 0 Å². The molecule has 1 heterocycles. The molecule has 0 bridgehead atoms. The third-order valence-electron chi connectivity index (χ3n) is 3.32. The van der Waals surface area contributed by atoms with E-state index >= 15 is 0 Å². The standard InChI is InChI=1S/C15H21N3O2/c1-15(2,8-10-19)17-14(20)7-9-18-11-16-12-5-3-4-6-13(12)18/h3-6,11,19H,7-10H2,1-2H3,(H,17,20). The molecule has 2 aromatic rings. The normalized spacial score (nSPS) is 11.8. The smallest absolute Gasteiger partial charge is 0.222 e. The fraction of sp³-hybridized carbons (Fsp3) is 0.467. The van der Waals surface area contributed by atoms with Gasteiger partial charge in [-0.15, -0.1) is 0 Å². The van der Waals surface area contributed by atoms with Crippen molar-refractivity contribution < 1.29 is 9.90 Å². The fourth-order valence-electron chi connectivity index (χ4n) is 2.19. The summed E-state index contributed by atoms with van der Waals surface area (Å²) in [4.78, 5) is 16.2. The van der Waals surface area contributed by atoms with Crippen molar-refractivity contribution in [3.63, 3.8) is 0 Å². The third kappa shape index (κ3) is 3.57. The monoisotopic (exact) mass is 275 g/mol. The van der Waals surface area contributed by atoms with Crippen LogP contribution in [0, 0.1) is 0 Å². The van der Waals surface area contributed by atoms with Gasteiger partial charge in [0.05, 0.1) is 17.4 Å². The lowest BCUT2D eigenvalue weighted by atomic mass is 10.0. The number of benzene rings is 1. The number of imidazole rings is 1. The van der Waals surface area contributed by atoms with Gasteiger partial charge in [0.15, 0.2) is 0 Å². The topological polar surface area (TPSA) is 67.2 Å². The molecule has 0 saturated heterocycles. The Labute approximate surface area is 118 Å². The van der Waals surface area contributed by atoms with Gasteiger partial charge in [-0.3, -0.25) is 4.79 Å². The first-order chi connectivity index (χ1) is 9.52. The highest BCUT2D eigenvalue weighted by Gasteiger charge is 2.19. The first-order valence-corrected chi connectivity index (χ1v) is 6.83. The van der Waals surface area contributed by atoms with Crippen molar-refractivity contribution in [2.24, 2.45) is 0 Å². The van der Waals surface area contributed by atoms with E-state index in [9.17, 15) is 4.79 Å². The Bertz CT molecular complexity index is 590. The van der Waals surface area contributed by atoms with E-state index in [0.29, 0.717) is 19.4 Å². The number of aliphatic hydroxyl groups is 1. The number of hydrogen-bond acceptors (Lipinski definition) is 3. The summed E-state index contributed by atoms with van der Waals surface area (Å²) < 4.78 is 1.98. The molecule has 2 N–H and O–H groups in total. The molecule has 0 fully saturated rings. The molecule has 1 aromatic heterocycles. The highest BCUT2D eigenvalue weighted by atomic mass is 16.3. The molecule has 1 aromatic carbocycles. The number of aryl methyl sites for hydroxylation is 1. The van der Waals surface area contributed by atoms with Crippen LogP contribution in [0.4, 0.5) is 0 Å². The first kappa shape index (κ1) is 14.5. The Morgan fingerprint density at radius 3 is 2.90 bits per heavy atom. The van der Waals surface area contributed by atoms with Gasteiger partial charge >= 0.3 is 0 Å². The number of carbonyl (C=O) groups excluding carboxylic acids is 1. The summed E-state index contributed by atoms with van der Waals surface area (Å²) in [6.45, 7) is 4.49. The van der Waals surface area contributed by atoms with Gasteiger partial charge in [0.1, 0.15) is 0 Å². The van der Waals surface area contributed by atoms with Crippen LogP contribution >= 0.6 is 0 Å². The second kappa shape index (κ2) is 6.05. The van der Waals surface area contributed by atoms with Gasteiger partial charge in [-0.25, -0.2) is 4.98 Å². The van der Waals surface area contributed by atoms with Gasteiger partial charge < -0.3 is 15.0 Å². The van der Waals surface area contributed by atoms with E-state index in [1.807, 2.05) is 42.7 Å². The van der Waals surface area contributed by atoms with Gasteiger partial charge in [0, 0.05) is 25.1 Å². The third-order valence-corrected chi connectivity index (χ3v) is 3.32. The lowest BCUT2D eigenvalue weighted by Crippen LogP contribution is -2.44. The van der Waals surface area contributed by atoms with E-state index in [2.05, 4.69) is 10.3 Å². The summed E-state index contributed by atoms with van der Waals surface area (Å²) in [5.41, 5.74) is 1.60. The molecule has 0 atom stereocenters. The van der Waals surface area contributed by atoms with Gasteiger partial charge in [-0.2, -0.15) is 0 Å². The number of carbonyl (C=O) groups is 1. The van der Waals surface area contributed by atoms with Crippen LogP contribution in [0.1, 0.15) is 26.7 Å². The number of nitrogens with zero attached hydrogens (tertiary/aromatic N) is 2. The second-order valence-corrected chi connectivity index (χ2v) is 5.58. The summed E-state index contributed by atoms with van der Waals surface area (Å²) in [5.74, 6) is -0.0127. The molecule has 20 heavy (non-hydrogen) atoms. The van der Waals surface area contributed by atoms with E-state index in [4.69, 9.17) is 5.11 Å². The van der Waals surface area contributed by atoms with Crippen molar-refractivity contribution in [1.29, 1.82) is 0 Å². The van der Waals surface area contributed by atoms with Crippen molar-refractivity contribution in [2.45, 2.75) is 38.8 Å². The van der Waals surface area contributed by atoms with Gasteiger partial charge in [0.2, 0.25) is 5.91 Å². The summed E-state index contributed by atoms with van der Waals surface area (Å²) in [5, 5.41) is 11.9. The molecule has 1 amide bonds. The van der Waals surface area contributed by atoms with Crippen molar-refractivity contribution >= 4 is 16.9 Å². The maximum absolute atomic E-state index is 11.9. The minimum absolute atomic E-state index is 0.0127. The predicted molar refractivity (Wildman–Crippen MR) is 78.3 cm³/mol. The molecule has 0 aliphatic carbocycles. The Kier molecular flexibility index (Phi) is 4.39. The highest BCUT2D eigenvalue weighted by molar-refractivity contribution is 5.78. The van der Waals surface area contributed by atoms with Crippen LogP contribution in [0.3, 0.4) is 0 Å². The number of aromatic nitrogens is 2. The van der Waals surface area contributed by atoms with Crippen molar-refractivity contribution in [1.82, 2.24) is 14.9 Å². The van der Waals surface area contributed by atoms with E-state index < -0.39 is 0 Å². The summed E-state index contributed by atoms with van der Waals surface area (Å²) in [7, 11) is 0. The van der Waals surface area contributed by atoms with Crippen LogP contribution in [0.5, 0.6) is 0 Å². The van der Waals surface area contributed by atoms with Crippen LogP contribution in [0.2, 0.25) is 0 Å².